The van der Waals surface area contributed by atoms with Crippen LogP contribution in [0.4, 0.5) is 10.5 Å². The number of aryl methyl sites for hydroxylation is 1. The van der Waals surface area contributed by atoms with Crippen LogP contribution in [-0.2, 0) is 11.3 Å². The number of carbonyl (C=O) groups is 2. The molecule has 0 aromatic heterocycles. The number of anilines is 1. The number of hydrogen-bond acceptors (Lipinski definition) is 2. The van der Waals surface area contributed by atoms with Crippen LogP contribution in [0.25, 0.3) is 0 Å². The normalized spacial score (nSPS) is 11.4. The Hall–Kier alpha value is -3.60. The van der Waals surface area contributed by atoms with Gasteiger partial charge in [0, 0.05) is 25.2 Å². The molecule has 31 heavy (non-hydrogen) atoms. The molecule has 0 saturated carbocycles. The van der Waals surface area contributed by atoms with Crippen LogP contribution in [0.2, 0.25) is 0 Å². The number of urea groups is 1. The van der Waals surface area contributed by atoms with Gasteiger partial charge in [0.2, 0.25) is 5.91 Å². The van der Waals surface area contributed by atoms with Crippen LogP contribution in [0, 0.1) is 6.92 Å². The first-order chi connectivity index (χ1) is 15.0. The third kappa shape index (κ3) is 6.71. The molecular weight excluding hydrogens is 386 g/mol. The minimum absolute atomic E-state index is 0.0851. The van der Waals surface area contributed by atoms with Crippen molar-refractivity contribution in [2.45, 2.75) is 32.9 Å². The summed E-state index contributed by atoms with van der Waals surface area (Å²) in [5.41, 5.74) is 3.83. The topological polar surface area (TPSA) is 61.4 Å². The van der Waals surface area contributed by atoms with E-state index in [-0.39, 0.29) is 24.4 Å². The van der Waals surface area contributed by atoms with Gasteiger partial charge in [-0.2, -0.15) is 0 Å². The Morgan fingerprint density at radius 2 is 1.48 bits per heavy atom. The molecule has 3 aromatic carbocycles. The van der Waals surface area contributed by atoms with Crippen LogP contribution in [0.3, 0.4) is 0 Å². The molecule has 0 saturated heterocycles. The van der Waals surface area contributed by atoms with Crippen molar-refractivity contribution in [2.75, 3.05) is 11.9 Å². The Morgan fingerprint density at radius 3 is 2.16 bits per heavy atom. The monoisotopic (exact) mass is 415 g/mol. The molecule has 160 valence electrons. The van der Waals surface area contributed by atoms with Gasteiger partial charge in [-0.05, 0) is 36.6 Å². The second-order valence-electron chi connectivity index (χ2n) is 7.60. The highest BCUT2D eigenvalue weighted by molar-refractivity contribution is 5.90. The van der Waals surface area contributed by atoms with Crippen LogP contribution in [0.5, 0.6) is 0 Å². The van der Waals surface area contributed by atoms with Crippen LogP contribution < -0.4 is 10.6 Å². The second-order valence-corrected chi connectivity index (χ2v) is 7.60. The number of para-hydroxylation sites is 1. The quantitative estimate of drug-likeness (QED) is 0.525. The number of hydrogen-bond donors (Lipinski definition) is 2. The molecule has 2 N–H and O–H groups in total. The van der Waals surface area contributed by atoms with Crippen molar-refractivity contribution in [1.82, 2.24) is 10.2 Å². The SMILES string of the molecule is Cc1ccccc1NC(=O)N(CCC(=O)N[C@H](C)c1ccccc1)Cc1ccccc1. The Kier molecular flexibility index (Phi) is 7.82. The minimum Gasteiger partial charge on any atom is -0.350 e. The van der Waals surface area contributed by atoms with Gasteiger partial charge in [0.05, 0.1) is 6.04 Å². The van der Waals surface area contributed by atoms with Gasteiger partial charge in [-0.15, -0.1) is 0 Å². The molecule has 0 aliphatic heterocycles. The first kappa shape index (κ1) is 22.1. The molecule has 0 spiro atoms. The number of amides is 3. The molecule has 0 unspecified atom stereocenters. The first-order valence-electron chi connectivity index (χ1n) is 10.5. The van der Waals surface area contributed by atoms with Crippen LogP contribution in [-0.4, -0.2) is 23.4 Å². The van der Waals surface area contributed by atoms with Gasteiger partial charge >= 0.3 is 6.03 Å². The summed E-state index contributed by atoms with van der Waals surface area (Å²) >= 11 is 0. The molecular formula is C26H29N3O2. The largest absolute Gasteiger partial charge is 0.350 e. The fraction of sp³-hybridized carbons (Fsp3) is 0.231. The molecule has 1 atom stereocenters. The zero-order chi connectivity index (χ0) is 22.1. The number of nitrogens with zero attached hydrogens (tertiary/aromatic N) is 1. The molecule has 0 fully saturated rings. The molecule has 5 nitrogen and oxygen atoms in total. The fourth-order valence-electron chi connectivity index (χ4n) is 3.34. The van der Waals surface area contributed by atoms with Gasteiger partial charge in [-0.25, -0.2) is 4.79 Å². The molecule has 3 amide bonds. The minimum atomic E-state index is -0.220. The van der Waals surface area contributed by atoms with Gasteiger partial charge in [0.25, 0.3) is 0 Å². The van der Waals surface area contributed by atoms with E-state index >= 15 is 0 Å². The zero-order valence-corrected chi connectivity index (χ0v) is 18.0. The summed E-state index contributed by atoms with van der Waals surface area (Å²) in [5, 5.41) is 5.99. The summed E-state index contributed by atoms with van der Waals surface area (Å²) in [7, 11) is 0. The van der Waals surface area contributed by atoms with E-state index in [9.17, 15) is 9.59 Å². The summed E-state index contributed by atoms with van der Waals surface area (Å²) in [6.45, 7) is 4.66. The maximum Gasteiger partial charge on any atom is 0.322 e. The van der Waals surface area contributed by atoms with Crippen molar-refractivity contribution in [2.24, 2.45) is 0 Å². The van der Waals surface area contributed by atoms with Crippen molar-refractivity contribution >= 4 is 17.6 Å². The van der Waals surface area contributed by atoms with Crippen molar-refractivity contribution in [3.63, 3.8) is 0 Å². The van der Waals surface area contributed by atoms with E-state index in [4.69, 9.17) is 0 Å². The van der Waals surface area contributed by atoms with Crippen molar-refractivity contribution in [3.8, 4) is 0 Å². The molecule has 5 heteroatoms. The Bertz CT molecular complexity index is 990. The molecule has 0 aliphatic carbocycles. The van der Waals surface area contributed by atoms with Crippen LogP contribution >= 0.6 is 0 Å². The number of carbonyl (C=O) groups excluding carboxylic acids is 2. The van der Waals surface area contributed by atoms with E-state index < -0.39 is 0 Å². The number of benzene rings is 3. The molecule has 3 aromatic rings. The van der Waals surface area contributed by atoms with Gasteiger partial charge in [0.1, 0.15) is 0 Å². The van der Waals surface area contributed by atoms with Gasteiger partial charge in [0.15, 0.2) is 0 Å². The lowest BCUT2D eigenvalue weighted by atomic mass is 10.1. The van der Waals surface area contributed by atoms with Crippen LogP contribution in [0.15, 0.2) is 84.9 Å². The molecule has 0 radical (unpaired) electrons. The Morgan fingerprint density at radius 1 is 0.871 bits per heavy atom. The van der Waals surface area contributed by atoms with E-state index in [0.29, 0.717) is 13.1 Å². The third-order valence-electron chi connectivity index (χ3n) is 5.18. The summed E-state index contributed by atoms with van der Waals surface area (Å²) in [6, 6.07) is 27.0. The first-order valence-corrected chi connectivity index (χ1v) is 10.5. The molecule has 0 bridgehead atoms. The lowest BCUT2D eigenvalue weighted by molar-refractivity contribution is -0.121. The summed E-state index contributed by atoms with van der Waals surface area (Å²) in [6.07, 6.45) is 0.227. The highest BCUT2D eigenvalue weighted by Gasteiger charge is 2.17. The van der Waals surface area contributed by atoms with Gasteiger partial charge < -0.3 is 15.5 Å². The van der Waals surface area contributed by atoms with Gasteiger partial charge in [-0.3, -0.25) is 4.79 Å². The summed E-state index contributed by atoms with van der Waals surface area (Å²) in [4.78, 5) is 27.2. The van der Waals surface area contributed by atoms with Crippen molar-refractivity contribution < 1.29 is 9.59 Å². The highest BCUT2D eigenvalue weighted by atomic mass is 16.2. The van der Waals surface area contributed by atoms with E-state index in [0.717, 1.165) is 22.4 Å². The Labute approximate surface area is 184 Å². The lowest BCUT2D eigenvalue weighted by Crippen LogP contribution is -2.38. The zero-order valence-electron chi connectivity index (χ0n) is 18.0. The smallest absolute Gasteiger partial charge is 0.322 e. The molecule has 3 rings (SSSR count). The predicted octanol–water partition coefficient (Wildman–Crippen LogP) is 5.30. The lowest BCUT2D eigenvalue weighted by Gasteiger charge is -2.24. The number of rotatable bonds is 8. The molecule has 0 heterocycles. The predicted molar refractivity (Wildman–Crippen MR) is 125 cm³/mol. The fourth-order valence-corrected chi connectivity index (χ4v) is 3.34. The second kappa shape index (κ2) is 11.0. The van der Waals surface area contributed by atoms with Crippen molar-refractivity contribution in [3.05, 3.63) is 102 Å². The van der Waals surface area contributed by atoms with E-state index in [1.807, 2.05) is 98.8 Å². The van der Waals surface area contributed by atoms with E-state index in [2.05, 4.69) is 10.6 Å². The maximum atomic E-state index is 13.0. The average molecular weight is 416 g/mol. The van der Waals surface area contributed by atoms with Crippen molar-refractivity contribution in [1.29, 1.82) is 0 Å². The summed E-state index contributed by atoms with van der Waals surface area (Å²) in [5.74, 6) is -0.0851. The number of nitrogens with one attached hydrogen (secondary N) is 2. The Balaban J connectivity index is 1.64. The molecule has 0 aliphatic rings. The standard InChI is InChI=1S/C26H29N3O2/c1-20-11-9-10-16-24(20)28-26(31)29(19-22-12-5-3-6-13-22)18-17-25(30)27-21(2)23-14-7-4-8-15-23/h3-16,21H,17-19H2,1-2H3,(H,27,30)(H,28,31)/t21-/m1/s1. The van der Waals surface area contributed by atoms with E-state index in [1.54, 1.807) is 4.90 Å². The maximum absolute atomic E-state index is 13.0. The average Bonchev–Trinajstić information content (AvgIpc) is 2.79. The van der Waals surface area contributed by atoms with Crippen LogP contribution in [0.1, 0.15) is 36.1 Å². The third-order valence-corrected chi connectivity index (χ3v) is 5.18. The van der Waals surface area contributed by atoms with Gasteiger partial charge in [-0.1, -0.05) is 78.9 Å². The summed E-state index contributed by atoms with van der Waals surface area (Å²) < 4.78 is 0. The highest BCUT2D eigenvalue weighted by Crippen LogP contribution is 2.16. The van der Waals surface area contributed by atoms with E-state index in [1.165, 1.54) is 0 Å².